The molecule has 0 N–H and O–H groups in total. The lowest BCUT2D eigenvalue weighted by atomic mass is 9.90. The first-order chi connectivity index (χ1) is 12.8. The highest BCUT2D eigenvalue weighted by Gasteiger charge is 2.28. The molecule has 0 fully saturated rings. The first-order valence-corrected chi connectivity index (χ1v) is 8.97. The number of aryl methyl sites for hydroxylation is 1. The second-order valence-electron chi connectivity index (χ2n) is 6.68. The van der Waals surface area contributed by atoms with Crippen molar-refractivity contribution in [2.24, 2.45) is 0 Å². The molecular weight excluding hydrogens is 393 g/mol. The Kier molecular flexibility index (Phi) is 4.28. The topological polar surface area (TPSA) is 43.6 Å². The van der Waals surface area contributed by atoms with Crippen LogP contribution in [0, 0.1) is 12.7 Å². The number of allylic oxidation sites excluding steroid dienone is 4. The quantitative estimate of drug-likeness (QED) is 0.559. The SMILES string of the molecule is Cc1ccnc(-n2nnc3cc(Cl)cc(F)c32)c1C1=CCC(C)(F)C=C1Cl. The summed E-state index contributed by atoms with van der Waals surface area (Å²) in [6.07, 6.45) is 4.87. The van der Waals surface area contributed by atoms with Gasteiger partial charge in [-0.15, -0.1) is 5.10 Å². The van der Waals surface area contributed by atoms with E-state index >= 15 is 0 Å². The molecule has 0 saturated carbocycles. The number of halogens is 4. The van der Waals surface area contributed by atoms with E-state index in [0.29, 0.717) is 22.5 Å². The zero-order valence-corrected chi connectivity index (χ0v) is 16.0. The van der Waals surface area contributed by atoms with Gasteiger partial charge >= 0.3 is 0 Å². The van der Waals surface area contributed by atoms with E-state index in [1.54, 1.807) is 18.3 Å². The number of fused-ring (bicyclic) bond motifs is 1. The van der Waals surface area contributed by atoms with Crippen LogP contribution in [0.4, 0.5) is 8.78 Å². The average molecular weight is 407 g/mol. The fourth-order valence-electron chi connectivity index (χ4n) is 3.18. The van der Waals surface area contributed by atoms with E-state index in [1.807, 2.05) is 6.92 Å². The molecule has 2 heterocycles. The van der Waals surface area contributed by atoms with E-state index in [9.17, 15) is 8.78 Å². The second kappa shape index (κ2) is 6.39. The summed E-state index contributed by atoms with van der Waals surface area (Å²) in [5.41, 5.74) is 1.08. The molecule has 0 spiro atoms. The van der Waals surface area contributed by atoms with Gasteiger partial charge in [-0.05, 0) is 43.7 Å². The van der Waals surface area contributed by atoms with E-state index < -0.39 is 11.5 Å². The summed E-state index contributed by atoms with van der Waals surface area (Å²) in [5, 5.41) is 8.56. The van der Waals surface area contributed by atoms with Gasteiger partial charge in [-0.2, -0.15) is 4.68 Å². The van der Waals surface area contributed by atoms with Crippen LogP contribution in [0.15, 0.2) is 41.6 Å². The molecule has 2 aromatic heterocycles. The Hall–Kier alpha value is -2.31. The first kappa shape index (κ1) is 18.1. The smallest absolute Gasteiger partial charge is 0.164 e. The number of hydrogen-bond acceptors (Lipinski definition) is 3. The number of hydrogen-bond donors (Lipinski definition) is 0. The van der Waals surface area contributed by atoms with E-state index in [4.69, 9.17) is 23.2 Å². The summed E-state index contributed by atoms with van der Waals surface area (Å²) in [4.78, 5) is 4.38. The van der Waals surface area contributed by atoms with Gasteiger partial charge < -0.3 is 0 Å². The van der Waals surface area contributed by atoms with Crippen molar-refractivity contribution in [3.63, 3.8) is 0 Å². The molecule has 3 aromatic rings. The van der Waals surface area contributed by atoms with Gasteiger partial charge in [-0.3, -0.25) is 0 Å². The molecule has 8 heteroatoms. The predicted molar refractivity (Wildman–Crippen MR) is 102 cm³/mol. The molecule has 0 radical (unpaired) electrons. The van der Waals surface area contributed by atoms with Gasteiger partial charge in [0.25, 0.3) is 0 Å². The normalized spacial score (nSPS) is 19.9. The Morgan fingerprint density at radius 1 is 1.26 bits per heavy atom. The molecular formula is C19H14Cl2F2N4. The van der Waals surface area contributed by atoms with Crippen LogP contribution < -0.4 is 0 Å². The molecule has 0 saturated heterocycles. The molecule has 1 aromatic carbocycles. The lowest BCUT2D eigenvalue weighted by Gasteiger charge is -2.23. The van der Waals surface area contributed by atoms with Crippen LogP contribution in [-0.4, -0.2) is 25.6 Å². The maximum Gasteiger partial charge on any atom is 0.164 e. The van der Waals surface area contributed by atoms with Crippen LogP contribution in [0.1, 0.15) is 24.5 Å². The molecule has 0 amide bonds. The Bertz CT molecular complexity index is 1130. The molecule has 4 rings (SSSR count). The second-order valence-corrected chi connectivity index (χ2v) is 7.52. The summed E-state index contributed by atoms with van der Waals surface area (Å²) in [7, 11) is 0. The number of benzene rings is 1. The van der Waals surface area contributed by atoms with Crippen molar-refractivity contribution in [2.75, 3.05) is 0 Å². The largest absolute Gasteiger partial charge is 0.239 e. The minimum absolute atomic E-state index is 0.158. The van der Waals surface area contributed by atoms with Crippen molar-refractivity contribution < 1.29 is 8.78 Å². The molecule has 1 atom stereocenters. The highest BCUT2D eigenvalue weighted by atomic mass is 35.5. The fourth-order valence-corrected chi connectivity index (χ4v) is 3.78. The zero-order valence-electron chi connectivity index (χ0n) is 14.5. The molecule has 1 aliphatic carbocycles. The highest BCUT2D eigenvalue weighted by Crippen LogP contribution is 2.39. The Morgan fingerprint density at radius 3 is 2.78 bits per heavy atom. The van der Waals surface area contributed by atoms with E-state index in [-0.39, 0.29) is 22.0 Å². The minimum atomic E-state index is -1.51. The van der Waals surface area contributed by atoms with Crippen molar-refractivity contribution in [1.29, 1.82) is 0 Å². The summed E-state index contributed by atoms with van der Waals surface area (Å²) >= 11 is 12.3. The number of rotatable bonds is 2. The standard InChI is InChI=1S/C19H14Cl2F2N4/c1-10-4-6-24-18(16(10)12-3-5-19(2,23)9-13(12)21)27-17-14(22)7-11(20)8-15(17)25-26-27/h3-4,6-9H,5H2,1-2H3. The molecule has 1 aliphatic rings. The van der Waals surface area contributed by atoms with Crippen molar-refractivity contribution in [3.05, 3.63) is 63.5 Å². The van der Waals surface area contributed by atoms with Crippen LogP contribution in [0.3, 0.4) is 0 Å². The predicted octanol–water partition coefficient (Wildman–Crippen LogP) is 5.55. The third-order valence-corrected chi connectivity index (χ3v) is 4.99. The van der Waals surface area contributed by atoms with Crippen LogP contribution in [0.25, 0.3) is 22.4 Å². The summed E-state index contributed by atoms with van der Waals surface area (Å²) in [6, 6.07) is 4.53. The Labute approximate surface area is 164 Å². The van der Waals surface area contributed by atoms with Crippen molar-refractivity contribution >= 4 is 39.8 Å². The van der Waals surface area contributed by atoms with E-state index in [0.717, 1.165) is 5.56 Å². The maximum atomic E-state index is 14.6. The molecule has 1 unspecified atom stereocenters. The Morgan fingerprint density at radius 2 is 2.04 bits per heavy atom. The van der Waals surface area contributed by atoms with Gasteiger partial charge in [-0.1, -0.05) is 34.5 Å². The fraction of sp³-hybridized carbons (Fsp3) is 0.211. The van der Waals surface area contributed by atoms with Crippen LogP contribution >= 0.6 is 23.2 Å². The van der Waals surface area contributed by atoms with Gasteiger partial charge in [0.15, 0.2) is 11.6 Å². The van der Waals surface area contributed by atoms with Crippen LogP contribution in [0.2, 0.25) is 5.02 Å². The van der Waals surface area contributed by atoms with Gasteiger partial charge in [0, 0.05) is 33.8 Å². The van der Waals surface area contributed by atoms with Gasteiger partial charge in [0.05, 0.1) is 0 Å². The summed E-state index contributed by atoms with van der Waals surface area (Å²) in [5.74, 6) is -0.202. The molecule has 27 heavy (non-hydrogen) atoms. The minimum Gasteiger partial charge on any atom is -0.239 e. The first-order valence-electron chi connectivity index (χ1n) is 8.21. The van der Waals surface area contributed by atoms with Crippen LogP contribution in [-0.2, 0) is 0 Å². The third kappa shape index (κ3) is 3.13. The van der Waals surface area contributed by atoms with Gasteiger partial charge in [0.1, 0.15) is 16.7 Å². The molecule has 0 bridgehead atoms. The van der Waals surface area contributed by atoms with Gasteiger partial charge in [0.2, 0.25) is 0 Å². The van der Waals surface area contributed by atoms with E-state index in [1.165, 1.54) is 29.8 Å². The third-order valence-electron chi connectivity index (χ3n) is 4.46. The molecule has 0 aliphatic heterocycles. The maximum absolute atomic E-state index is 14.6. The van der Waals surface area contributed by atoms with Gasteiger partial charge in [-0.25, -0.2) is 13.8 Å². The molecule has 138 valence electrons. The van der Waals surface area contributed by atoms with Crippen molar-refractivity contribution in [2.45, 2.75) is 25.9 Å². The lowest BCUT2D eigenvalue weighted by molar-refractivity contribution is 0.259. The summed E-state index contributed by atoms with van der Waals surface area (Å²) < 4.78 is 30.2. The monoisotopic (exact) mass is 406 g/mol. The van der Waals surface area contributed by atoms with Crippen molar-refractivity contribution in [1.82, 2.24) is 20.0 Å². The summed E-state index contributed by atoms with van der Waals surface area (Å²) in [6.45, 7) is 3.34. The van der Waals surface area contributed by atoms with Crippen molar-refractivity contribution in [3.8, 4) is 5.82 Å². The number of alkyl halides is 1. The van der Waals surface area contributed by atoms with Crippen LogP contribution in [0.5, 0.6) is 0 Å². The number of aromatic nitrogens is 4. The highest BCUT2D eigenvalue weighted by molar-refractivity contribution is 6.37. The van der Waals surface area contributed by atoms with E-state index in [2.05, 4.69) is 15.3 Å². The number of nitrogens with zero attached hydrogens (tertiary/aromatic N) is 4. The Balaban J connectivity index is 1.97. The average Bonchev–Trinajstić information content (AvgIpc) is 2.98. The molecule has 4 nitrogen and oxygen atoms in total. The lowest BCUT2D eigenvalue weighted by Crippen LogP contribution is -2.17. The zero-order chi connectivity index (χ0) is 19.3. The number of pyridine rings is 1.